The lowest BCUT2D eigenvalue weighted by molar-refractivity contribution is 0.102. The molecule has 5 nitrogen and oxygen atoms in total. The smallest absolute Gasteiger partial charge is 0.255 e. The summed E-state index contributed by atoms with van der Waals surface area (Å²) < 4.78 is 0. The number of nitrogens with zero attached hydrogens (tertiary/aromatic N) is 2. The Morgan fingerprint density at radius 1 is 1.04 bits per heavy atom. The average molecular weight is 393 g/mol. The molecule has 2 aromatic carbocycles. The molecule has 0 atom stereocenters. The van der Waals surface area contributed by atoms with Crippen molar-refractivity contribution in [3.05, 3.63) is 78.1 Å². The van der Waals surface area contributed by atoms with Crippen molar-refractivity contribution < 1.29 is 4.79 Å². The number of thioether (sulfide) groups is 1. The van der Waals surface area contributed by atoms with E-state index >= 15 is 0 Å². The minimum Gasteiger partial charge on any atom is -0.386 e. The Morgan fingerprint density at radius 3 is 2.50 bits per heavy atom. The van der Waals surface area contributed by atoms with E-state index < -0.39 is 0 Å². The Kier molecular flexibility index (Phi) is 6.55. The number of amides is 1. The quantitative estimate of drug-likeness (QED) is 0.569. The summed E-state index contributed by atoms with van der Waals surface area (Å²) in [6, 6.07) is 17.5. The summed E-state index contributed by atoms with van der Waals surface area (Å²) in [4.78, 5) is 19.9. The number of carbonyl (C=O) groups excluding carboxylic acids is 1. The number of benzene rings is 2. The predicted molar refractivity (Wildman–Crippen MR) is 119 cm³/mol. The lowest BCUT2D eigenvalue weighted by Crippen LogP contribution is -2.14. The van der Waals surface area contributed by atoms with Gasteiger partial charge in [-0.2, -0.15) is 0 Å². The molecule has 1 aromatic heterocycles. The third-order valence-corrected chi connectivity index (χ3v) is 5.47. The molecule has 3 aromatic rings. The van der Waals surface area contributed by atoms with Crippen molar-refractivity contribution in [1.82, 2.24) is 4.98 Å². The molecule has 2 N–H and O–H groups in total. The van der Waals surface area contributed by atoms with Crippen molar-refractivity contribution >= 4 is 34.7 Å². The SMILES string of the molecule is CNc1cnccc1SCc1ccccc1NC(=O)c1ccc(N(C)C)cc1. The highest BCUT2D eigenvalue weighted by atomic mass is 32.2. The predicted octanol–water partition coefficient (Wildman–Crippen LogP) is 4.73. The number of carbonyl (C=O) groups is 1. The molecular formula is C22H24N4OS. The fraction of sp³-hybridized carbons (Fsp3) is 0.182. The second-order valence-corrected chi connectivity index (χ2v) is 7.48. The maximum Gasteiger partial charge on any atom is 0.255 e. The van der Waals surface area contributed by atoms with Gasteiger partial charge in [-0.15, -0.1) is 11.8 Å². The van der Waals surface area contributed by atoms with E-state index in [1.54, 1.807) is 18.0 Å². The summed E-state index contributed by atoms with van der Waals surface area (Å²) in [7, 11) is 5.84. The monoisotopic (exact) mass is 392 g/mol. The summed E-state index contributed by atoms with van der Waals surface area (Å²) in [5.74, 6) is 0.636. The Morgan fingerprint density at radius 2 is 1.79 bits per heavy atom. The van der Waals surface area contributed by atoms with Crippen LogP contribution in [0.1, 0.15) is 15.9 Å². The zero-order valence-corrected chi connectivity index (χ0v) is 17.1. The molecule has 0 unspecified atom stereocenters. The molecule has 28 heavy (non-hydrogen) atoms. The average Bonchev–Trinajstić information content (AvgIpc) is 2.73. The molecule has 0 radical (unpaired) electrons. The van der Waals surface area contributed by atoms with E-state index in [4.69, 9.17) is 0 Å². The maximum absolute atomic E-state index is 12.7. The van der Waals surface area contributed by atoms with Crippen LogP contribution in [-0.2, 0) is 5.75 Å². The summed E-state index contributed by atoms with van der Waals surface area (Å²) in [5, 5.41) is 6.20. The summed E-state index contributed by atoms with van der Waals surface area (Å²) in [5.41, 5.74) is 4.60. The van der Waals surface area contributed by atoms with E-state index in [-0.39, 0.29) is 5.91 Å². The Balaban J connectivity index is 1.72. The summed E-state index contributed by atoms with van der Waals surface area (Å²) in [6.07, 6.45) is 3.60. The van der Waals surface area contributed by atoms with Gasteiger partial charge in [0.15, 0.2) is 0 Å². The summed E-state index contributed by atoms with van der Waals surface area (Å²) >= 11 is 1.71. The van der Waals surface area contributed by atoms with Gasteiger partial charge in [0.2, 0.25) is 0 Å². The van der Waals surface area contributed by atoms with Crippen LogP contribution in [0.15, 0.2) is 71.9 Å². The first-order chi connectivity index (χ1) is 13.6. The fourth-order valence-electron chi connectivity index (χ4n) is 2.72. The van der Waals surface area contributed by atoms with Gasteiger partial charge in [-0.3, -0.25) is 9.78 Å². The molecule has 0 aliphatic rings. The molecule has 0 spiro atoms. The van der Waals surface area contributed by atoms with Crippen LogP contribution in [0.25, 0.3) is 0 Å². The second-order valence-electron chi connectivity index (χ2n) is 6.46. The zero-order chi connectivity index (χ0) is 19.9. The Hall–Kier alpha value is -2.99. The van der Waals surface area contributed by atoms with Crippen molar-refractivity contribution in [3.63, 3.8) is 0 Å². The number of rotatable bonds is 7. The first kappa shape index (κ1) is 19.8. The topological polar surface area (TPSA) is 57.3 Å². The first-order valence-corrected chi connectivity index (χ1v) is 9.98. The standard InChI is InChI=1S/C22H24N4OS/c1-23-20-14-24-13-12-21(20)28-15-17-6-4-5-7-19(17)25-22(27)16-8-10-18(11-9-16)26(2)3/h4-14,23H,15H2,1-3H3,(H,25,27). The van der Waals surface area contributed by atoms with Crippen molar-refractivity contribution in [2.45, 2.75) is 10.6 Å². The maximum atomic E-state index is 12.7. The van der Waals surface area contributed by atoms with Gasteiger partial charge in [-0.05, 0) is 42.0 Å². The minimum absolute atomic E-state index is 0.109. The number of hydrogen-bond donors (Lipinski definition) is 2. The highest BCUT2D eigenvalue weighted by Crippen LogP contribution is 2.31. The van der Waals surface area contributed by atoms with Crippen molar-refractivity contribution in [3.8, 4) is 0 Å². The largest absolute Gasteiger partial charge is 0.386 e. The molecular weight excluding hydrogens is 368 g/mol. The zero-order valence-electron chi connectivity index (χ0n) is 16.3. The van der Waals surface area contributed by atoms with Gasteiger partial charge in [0.1, 0.15) is 0 Å². The first-order valence-electron chi connectivity index (χ1n) is 8.99. The van der Waals surface area contributed by atoms with Crippen LogP contribution in [0.2, 0.25) is 0 Å². The molecule has 0 aliphatic carbocycles. The van der Waals surface area contributed by atoms with Crippen molar-refractivity contribution in [2.24, 2.45) is 0 Å². The molecule has 0 bridgehead atoms. The van der Waals surface area contributed by atoms with Crippen LogP contribution in [-0.4, -0.2) is 32.0 Å². The van der Waals surface area contributed by atoms with Crippen LogP contribution in [0.4, 0.5) is 17.1 Å². The molecule has 0 saturated carbocycles. The third-order valence-electron chi connectivity index (χ3n) is 4.35. The Labute approximate surface area is 170 Å². The van der Waals surface area contributed by atoms with Gasteiger partial charge in [0.05, 0.1) is 11.9 Å². The highest BCUT2D eigenvalue weighted by molar-refractivity contribution is 7.98. The molecule has 0 fully saturated rings. The third kappa shape index (κ3) is 4.84. The second kappa shape index (κ2) is 9.28. The van der Waals surface area contributed by atoms with Crippen LogP contribution < -0.4 is 15.5 Å². The lowest BCUT2D eigenvalue weighted by atomic mass is 10.1. The van der Waals surface area contributed by atoms with Gasteiger partial charge in [0.25, 0.3) is 5.91 Å². The van der Waals surface area contributed by atoms with Crippen molar-refractivity contribution in [1.29, 1.82) is 0 Å². The Bertz CT molecular complexity index is 941. The fourth-order valence-corrected chi connectivity index (χ4v) is 3.75. The van der Waals surface area contributed by atoms with E-state index in [9.17, 15) is 4.79 Å². The van der Waals surface area contributed by atoms with E-state index in [1.807, 2.05) is 86.8 Å². The molecule has 144 valence electrons. The van der Waals surface area contributed by atoms with Gasteiger partial charge >= 0.3 is 0 Å². The number of aromatic nitrogens is 1. The van der Waals surface area contributed by atoms with Crippen LogP contribution in [0.3, 0.4) is 0 Å². The van der Waals surface area contributed by atoms with E-state index in [0.29, 0.717) is 5.56 Å². The van der Waals surface area contributed by atoms with Crippen LogP contribution >= 0.6 is 11.8 Å². The van der Waals surface area contributed by atoms with Gasteiger partial charge in [0, 0.05) is 54.9 Å². The van der Waals surface area contributed by atoms with Crippen LogP contribution in [0, 0.1) is 0 Å². The minimum atomic E-state index is -0.109. The molecule has 0 saturated heterocycles. The molecule has 6 heteroatoms. The van der Waals surface area contributed by atoms with Crippen molar-refractivity contribution in [2.75, 3.05) is 36.7 Å². The van der Waals surface area contributed by atoms with E-state index in [0.717, 1.165) is 33.3 Å². The molecule has 1 amide bonds. The van der Waals surface area contributed by atoms with Gasteiger partial charge in [-0.1, -0.05) is 18.2 Å². The number of pyridine rings is 1. The number of hydrogen-bond acceptors (Lipinski definition) is 5. The number of para-hydroxylation sites is 1. The van der Waals surface area contributed by atoms with E-state index in [1.165, 1.54) is 0 Å². The van der Waals surface area contributed by atoms with Gasteiger partial charge < -0.3 is 15.5 Å². The van der Waals surface area contributed by atoms with Crippen LogP contribution in [0.5, 0.6) is 0 Å². The molecule has 3 rings (SSSR count). The highest BCUT2D eigenvalue weighted by Gasteiger charge is 2.10. The molecule has 1 heterocycles. The van der Waals surface area contributed by atoms with Gasteiger partial charge in [-0.25, -0.2) is 0 Å². The van der Waals surface area contributed by atoms with E-state index in [2.05, 4.69) is 15.6 Å². The lowest BCUT2D eigenvalue weighted by Gasteiger charge is -2.14. The summed E-state index contributed by atoms with van der Waals surface area (Å²) in [6.45, 7) is 0. The number of anilines is 3. The normalized spacial score (nSPS) is 10.4. The number of nitrogens with one attached hydrogen (secondary N) is 2. The molecule has 0 aliphatic heterocycles.